The number of benzene rings is 2. The number of fused-ring (bicyclic) bond motifs is 1. The maximum Gasteiger partial charge on any atom is 0.130 e. The highest BCUT2D eigenvalue weighted by atomic mass is 16.6. The zero-order valence-corrected chi connectivity index (χ0v) is 20.5. The fourth-order valence-corrected chi connectivity index (χ4v) is 4.08. The smallest absolute Gasteiger partial charge is 0.130 e. The Kier molecular flexibility index (Phi) is 10.4. The second-order valence-corrected chi connectivity index (χ2v) is 8.39. The molecule has 6 nitrogen and oxygen atoms in total. The van der Waals surface area contributed by atoms with Gasteiger partial charge < -0.3 is 23.8 Å². The van der Waals surface area contributed by atoms with Gasteiger partial charge in [0.25, 0.3) is 0 Å². The molecule has 1 heterocycles. The third-order valence-corrected chi connectivity index (χ3v) is 6.05. The number of hydrogen-bond acceptors (Lipinski definition) is 6. The molecule has 1 aliphatic heterocycles. The van der Waals surface area contributed by atoms with Crippen LogP contribution in [0, 0.1) is 11.3 Å². The number of anilines is 1. The fourth-order valence-electron chi connectivity index (χ4n) is 4.08. The molecule has 0 radical (unpaired) electrons. The molecule has 2 aromatic carbocycles. The average molecular weight is 465 g/mol. The van der Waals surface area contributed by atoms with Crippen LogP contribution in [0.25, 0.3) is 16.3 Å². The van der Waals surface area contributed by atoms with Crippen molar-refractivity contribution in [1.82, 2.24) is 0 Å². The Morgan fingerprint density at radius 2 is 1.56 bits per heavy atom. The summed E-state index contributed by atoms with van der Waals surface area (Å²) in [5.74, 6) is 0.362. The lowest BCUT2D eigenvalue weighted by molar-refractivity contribution is 0.0128. The Morgan fingerprint density at radius 1 is 0.912 bits per heavy atom. The summed E-state index contributed by atoms with van der Waals surface area (Å²) in [5.41, 5.74) is 3.58. The summed E-state index contributed by atoms with van der Waals surface area (Å²) in [7, 11) is 1.64. The van der Waals surface area contributed by atoms with Crippen LogP contribution in [0.2, 0.25) is 0 Å². The van der Waals surface area contributed by atoms with Gasteiger partial charge in [-0.05, 0) is 66.3 Å². The molecule has 0 spiro atoms. The second kappa shape index (κ2) is 13.8. The van der Waals surface area contributed by atoms with E-state index in [0.717, 1.165) is 29.6 Å². The van der Waals surface area contributed by atoms with Crippen LogP contribution < -0.4 is 4.90 Å². The van der Waals surface area contributed by atoms with E-state index in [2.05, 4.69) is 53.9 Å². The van der Waals surface area contributed by atoms with Gasteiger partial charge in [0.15, 0.2) is 0 Å². The van der Waals surface area contributed by atoms with Gasteiger partial charge in [-0.2, -0.15) is 5.26 Å². The van der Waals surface area contributed by atoms with Crippen LogP contribution in [-0.4, -0.2) is 59.8 Å². The number of ether oxygens (including phenoxy) is 4. The SMILES string of the molecule is C=C(OCCOCCOCCOC)C(C#N)=C(C)c1ccc2cc(N3CCCCC3)ccc2c1. The summed E-state index contributed by atoms with van der Waals surface area (Å²) in [6, 6.07) is 15.2. The molecule has 0 N–H and O–H groups in total. The maximum absolute atomic E-state index is 9.75. The van der Waals surface area contributed by atoms with Gasteiger partial charge in [-0.15, -0.1) is 0 Å². The van der Waals surface area contributed by atoms with Crippen LogP contribution in [0.3, 0.4) is 0 Å². The number of piperidine rings is 1. The van der Waals surface area contributed by atoms with Crippen LogP contribution in [0.5, 0.6) is 0 Å². The minimum absolute atomic E-state index is 0.326. The third-order valence-electron chi connectivity index (χ3n) is 6.05. The van der Waals surface area contributed by atoms with E-state index >= 15 is 0 Å². The van der Waals surface area contributed by atoms with E-state index in [4.69, 9.17) is 18.9 Å². The number of methoxy groups -OCH3 is 1. The molecule has 0 aromatic heterocycles. The molecular formula is C28H36N2O4. The van der Waals surface area contributed by atoms with Gasteiger partial charge in [0.2, 0.25) is 0 Å². The summed E-state index contributed by atoms with van der Waals surface area (Å²) in [5, 5.41) is 12.1. The Hall–Kier alpha value is -2.85. The predicted molar refractivity (Wildman–Crippen MR) is 137 cm³/mol. The van der Waals surface area contributed by atoms with E-state index in [1.807, 2.05) is 6.92 Å². The van der Waals surface area contributed by atoms with Crippen LogP contribution in [0.4, 0.5) is 5.69 Å². The van der Waals surface area contributed by atoms with Crippen LogP contribution in [0.15, 0.2) is 54.3 Å². The van der Waals surface area contributed by atoms with Crippen molar-refractivity contribution < 1.29 is 18.9 Å². The Labute approximate surface area is 203 Å². The van der Waals surface area contributed by atoms with Crippen molar-refractivity contribution in [2.24, 2.45) is 0 Å². The van der Waals surface area contributed by atoms with E-state index < -0.39 is 0 Å². The summed E-state index contributed by atoms with van der Waals surface area (Å²) in [6.45, 7) is 11.0. The monoisotopic (exact) mass is 464 g/mol. The maximum atomic E-state index is 9.75. The zero-order chi connectivity index (χ0) is 24.2. The van der Waals surface area contributed by atoms with E-state index in [0.29, 0.717) is 51.0 Å². The van der Waals surface area contributed by atoms with Crippen molar-refractivity contribution in [1.29, 1.82) is 5.26 Å². The van der Waals surface area contributed by atoms with Crippen molar-refractivity contribution in [2.75, 3.05) is 64.7 Å². The quantitative estimate of drug-likeness (QED) is 0.173. The minimum atomic E-state index is 0.326. The molecule has 34 heavy (non-hydrogen) atoms. The lowest BCUT2D eigenvalue weighted by atomic mass is 9.97. The average Bonchev–Trinajstić information content (AvgIpc) is 2.88. The molecule has 0 aliphatic carbocycles. The van der Waals surface area contributed by atoms with Crippen LogP contribution in [0.1, 0.15) is 31.7 Å². The molecule has 182 valence electrons. The van der Waals surface area contributed by atoms with Gasteiger partial charge in [-0.1, -0.05) is 24.8 Å². The normalized spacial score (nSPS) is 14.6. The lowest BCUT2D eigenvalue weighted by Gasteiger charge is -2.29. The van der Waals surface area contributed by atoms with Crippen molar-refractivity contribution >= 4 is 22.0 Å². The molecule has 2 aromatic rings. The standard InChI is InChI=1S/C28H36N2O4/c1-22(28(21-29)23(2)34-18-17-33-16-15-32-14-13-31-3)24-7-8-26-20-27(10-9-25(26)19-24)30-11-5-4-6-12-30/h7-10,19-20H,2,4-6,11-18H2,1,3H3. The van der Waals surface area contributed by atoms with E-state index in [1.54, 1.807) is 7.11 Å². The van der Waals surface area contributed by atoms with Gasteiger partial charge >= 0.3 is 0 Å². The highest BCUT2D eigenvalue weighted by Gasteiger charge is 2.13. The zero-order valence-electron chi connectivity index (χ0n) is 20.5. The van der Waals surface area contributed by atoms with Crippen molar-refractivity contribution in [3.63, 3.8) is 0 Å². The van der Waals surface area contributed by atoms with Crippen molar-refractivity contribution in [2.45, 2.75) is 26.2 Å². The molecule has 0 bridgehead atoms. The number of nitrogens with zero attached hydrogens (tertiary/aromatic N) is 2. The Balaban J connectivity index is 1.57. The number of rotatable bonds is 13. The van der Waals surface area contributed by atoms with Gasteiger partial charge in [0, 0.05) is 25.9 Å². The van der Waals surface area contributed by atoms with E-state index in [-0.39, 0.29) is 0 Å². The highest BCUT2D eigenvalue weighted by Crippen LogP contribution is 2.29. The minimum Gasteiger partial charge on any atom is -0.490 e. The predicted octanol–water partition coefficient (Wildman–Crippen LogP) is 5.34. The first-order valence-corrected chi connectivity index (χ1v) is 12.0. The number of nitriles is 1. The van der Waals surface area contributed by atoms with E-state index in [1.165, 1.54) is 30.3 Å². The first-order valence-electron chi connectivity index (χ1n) is 12.0. The molecule has 1 aliphatic rings. The fraction of sp³-hybridized carbons (Fsp3) is 0.464. The van der Waals surface area contributed by atoms with Gasteiger partial charge in [-0.25, -0.2) is 0 Å². The van der Waals surface area contributed by atoms with Gasteiger partial charge in [0.05, 0.1) is 38.6 Å². The van der Waals surface area contributed by atoms with Crippen LogP contribution in [-0.2, 0) is 18.9 Å². The second-order valence-electron chi connectivity index (χ2n) is 8.39. The summed E-state index contributed by atoms with van der Waals surface area (Å²) in [6.07, 6.45) is 3.85. The number of hydrogen-bond donors (Lipinski definition) is 0. The molecule has 1 fully saturated rings. The molecule has 0 unspecified atom stereocenters. The van der Waals surface area contributed by atoms with Gasteiger partial charge in [-0.3, -0.25) is 0 Å². The highest BCUT2D eigenvalue weighted by molar-refractivity contribution is 5.89. The summed E-state index contributed by atoms with van der Waals surface area (Å²) >= 11 is 0. The summed E-state index contributed by atoms with van der Waals surface area (Å²) in [4.78, 5) is 2.47. The largest absolute Gasteiger partial charge is 0.490 e. The molecular weight excluding hydrogens is 428 g/mol. The Morgan fingerprint density at radius 3 is 2.26 bits per heavy atom. The molecule has 6 heteroatoms. The molecule has 3 rings (SSSR count). The van der Waals surface area contributed by atoms with Gasteiger partial charge in [0.1, 0.15) is 18.4 Å². The molecule has 0 saturated carbocycles. The first-order chi connectivity index (χ1) is 16.6. The summed E-state index contributed by atoms with van der Waals surface area (Å²) < 4.78 is 21.4. The molecule has 0 atom stereocenters. The first kappa shape index (κ1) is 25.8. The van der Waals surface area contributed by atoms with Crippen LogP contribution >= 0.6 is 0 Å². The Bertz CT molecular complexity index is 1020. The van der Waals surface area contributed by atoms with Crippen molar-refractivity contribution in [3.8, 4) is 6.07 Å². The lowest BCUT2D eigenvalue weighted by Crippen LogP contribution is -2.29. The number of allylic oxidation sites excluding steroid dienone is 2. The third kappa shape index (κ3) is 7.33. The van der Waals surface area contributed by atoms with E-state index in [9.17, 15) is 5.26 Å². The van der Waals surface area contributed by atoms with Crippen molar-refractivity contribution in [3.05, 3.63) is 59.9 Å². The topological polar surface area (TPSA) is 64.0 Å². The molecule has 1 saturated heterocycles. The molecule has 0 amide bonds.